The summed E-state index contributed by atoms with van der Waals surface area (Å²) in [6.07, 6.45) is 0.704. The van der Waals surface area contributed by atoms with Gasteiger partial charge in [0.2, 0.25) is 0 Å². The Morgan fingerprint density at radius 1 is 1.06 bits per heavy atom. The Balaban J connectivity index is 1.56. The average Bonchev–Trinajstić information content (AvgIpc) is 3.28. The number of aromatic nitrogens is 3. The molecule has 0 bridgehead atoms. The summed E-state index contributed by atoms with van der Waals surface area (Å²) in [6.45, 7) is 0.624. The van der Waals surface area contributed by atoms with Crippen molar-refractivity contribution in [2.24, 2.45) is 7.05 Å². The quantitative estimate of drug-likeness (QED) is 0.362. The molecule has 0 radical (unpaired) electrons. The minimum absolute atomic E-state index is 0.101. The van der Waals surface area contributed by atoms with Crippen molar-refractivity contribution in [3.8, 4) is 0 Å². The van der Waals surface area contributed by atoms with E-state index in [4.69, 9.17) is 0 Å². The molecule has 2 aliphatic heterocycles. The molecular formula is C21H18N6O4. The van der Waals surface area contributed by atoms with Crippen LogP contribution in [0, 0.1) is 10.1 Å². The summed E-state index contributed by atoms with van der Waals surface area (Å²) in [7, 11) is 1.59. The Morgan fingerprint density at radius 3 is 2.35 bits per heavy atom. The Bertz CT molecular complexity index is 1200. The first-order valence-corrected chi connectivity index (χ1v) is 9.81. The monoisotopic (exact) mass is 418 g/mol. The van der Waals surface area contributed by atoms with Crippen molar-refractivity contribution in [2.45, 2.75) is 12.5 Å². The van der Waals surface area contributed by atoms with Crippen LogP contribution >= 0.6 is 0 Å². The SMILES string of the molecule is Cn1nc([N+](=O)[O-])nc1N1CCc2ccccc2C1CN1C(=O)c2ccccc2C1=O. The molecule has 0 saturated carbocycles. The van der Waals surface area contributed by atoms with Crippen LogP contribution in [0.1, 0.15) is 37.9 Å². The summed E-state index contributed by atoms with van der Waals surface area (Å²) in [5, 5.41) is 15.1. The summed E-state index contributed by atoms with van der Waals surface area (Å²) in [5.41, 5.74) is 2.84. The maximum atomic E-state index is 13.0. The van der Waals surface area contributed by atoms with Gasteiger partial charge in [-0.2, -0.15) is 4.68 Å². The van der Waals surface area contributed by atoms with Gasteiger partial charge in [0, 0.05) is 18.7 Å². The molecule has 3 heterocycles. The fourth-order valence-electron chi connectivity index (χ4n) is 4.36. The third-order valence-electron chi connectivity index (χ3n) is 5.80. The number of fused-ring (bicyclic) bond motifs is 2. The van der Waals surface area contributed by atoms with Gasteiger partial charge in [-0.25, -0.2) is 0 Å². The zero-order chi connectivity index (χ0) is 21.7. The van der Waals surface area contributed by atoms with Crippen molar-refractivity contribution >= 4 is 23.7 Å². The van der Waals surface area contributed by atoms with E-state index in [-0.39, 0.29) is 18.4 Å². The third kappa shape index (κ3) is 2.95. The number of benzene rings is 2. The van der Waals surface area contributed by atoms with Crippen LogP contribution in [0.3, 0.4) is 0 Å². The highest BCUT2D eigenvalue weighted by Gasteiger charge is 2.41. The molecule has 3 aromatic rings. The summed E-state index contributed by atoms with van der Waals surface area (Å²) in [5.74, 6) is -0.848. The first-order chi connectivity index (χ1) is 15.0. The normalized spacial score (nSPS) is 17.6. The molecule has 2 aliphatic rings. The van der Waals surface area contributed by atoms with Crippen LogP contribution in [-0.4, -0.2) is 49.5 Å². The number of carbonyl (C=O) groups excluding carboxylic acids is 2. The zero-order valence-electron chi connectivity index (χ0n) is 16.6. The molecule has 0 fully saturated rings. The summed E-state index contributed by atoms with van der Waals surface area (Å²) in [4.78, 5) is 43.7. The number of imide groups is 1. The molecule has 2 aromatic carbocycles. The highest BCUT2D eigenvalue weighted by molar-refractivity contribution is 6.21. The first kappa shape index (κ1) is 18.9. The minimum atomic E-state index is -0.638. The molecular weight excluding hydrogens is 400 g/mol. The van der Waals surface area contributed by atoms with Gasteiger partial charge in [0.1, 0.15) is 0 Å². The molecule has 10 heteroatoms. The molecule has 1 atom stereocenters. The lowest BCUT2D eigenvalue weighted by Gasteiger charge is -2.37. The molecule has 0 spiro atoms. The van der Waals surface area contributed by atoms with E-state index in [1.165, 1.54) is 9.58 Å². The number of hydrogen-bond donors (Lipinski definition) is 0. The van der Waals surface area contributed by atoms with Crippen LogP contribution in [0.25, 0.3) is 0 Å². The second-order valence-electron chi connectivity index (χ2n) is 7.52. The predicted molar refractivity (Wildman–Crippen MR) is 110 cm³/mol. The average molecular weight is 418 g/mol. The minimum Gasteiger partial charge on any atom is -0.390 e. The Kier molecular flexibility index (Phi) is 4.28. The summed E-state index contributed by atoms with van der Waals surface area (Å²) < 4.78 is 1.36. The Morgan fingerprint density at radius 2 is 1.71 bits per heavy atom. The van der Waals surface area contributed by atoms with Gasteiger partial charge in [0.25, 0.3) is 11.8 Å². The second kappa shape index (κ2) is 7.01. The van der Waals surface area contributed by atoms with E-state index in [0.29, 0.717) is 30.0 Å². The number of hydrogen-bond acceptors (Lipinski definition) is 7. The second-order valence-corrected chi connectivity index (χ2v) is 7.52. The van der Waals surface area contributed by atoms with Crippen LogP contribution in [-0.2, 0) is 13.5 Å². The maximum Gasteiger partial charge on any atom is 0.493 e. The molecule has 0 N–H and O–H groups in total. The molecule has 10 nitrogen and oxygen atoms in total. The lowest BCUT2D eigenvalue weighted by atomic mass is 9.92. The van der Waals surface area contributed by atoms with Gasteiger partial charge in [-0.3, -0.25) is 14.5 Å². The lowest BCUT2D eigenvalue weighted by molar-refractivity contribution is -0.394. The summed E-state index contributed by atoms with van der Waals surface area (Å²) >= 11 is 0. The fraction of sp³-hybridized carbons (Fsp3) is 0.238. The lowest BCUT2D eigenvalue weighted by Crippen LogP contribution is -2.45. The van der Waals surface area contributed by atoms with Crippen molar-refractivity contribution in [2.75, 3.05) is 18.0 Å². The number of amides is 2. The molecule has 1 aromatic heterocycles. The molecule has 5 rings (SSSR count). The van der Waals surface area contributed by atoms with Gasteiger partial charge in [0.05, 0.1) is 23.7 Å². The molecule has 31 heavy (non-hydrogen) atoms. The standard InChI is InChI=1S/C21H18N6O4/c1-24-21(22-20(23-24)27(30)31)25-11-10-13-6-2-3-7-14(13)17(25)12-26-18(28)15-8-4-5-9-16(15)19(26)29/h2-9,17H,10-12H2,1H3. The van der Waals surface area contributed by atoms with Crippen LogP contribution in [0.5, 0.6) is 0 Å². The molecule has 2 amide bonds. The van der Waals surface area contributed by atoms with Crippen LogP contribution in [0.4, 0.5) is 11.9 Å². The fourth-order valence-corrected chi connectivity index (χ4v) is 4.36. The number of rotatable bonds is 4. The highest BCUT2D eigenvalue weighted by Crippen LogP contribution is 2.35. The molecule has 1 unspecified atom stereocenters. The van der Waals surface area contributed by atoms with Gasteiger partial charge in [-0.05, 0) is 39.6 Å². The van der Waals surface area contributed by atoms with Gasteiger partial charge in [0.15, 0.2) is 0 Å². The van der Waals surface area contributed by atoms with E-state index >= 15 is 0 Å². The topological polar surface area (TPSA) is 114 Å². The van der Waals surface area contributed by atoms with Crippen LogP contribution in [0.2, 0.25) is 0 Å². The van der Waals surface area contributed by atoms with Crippen LogP contribution in [0.15, 0.2) is 48.5 Å². The Labute approximate surface area is 176 Å². The molecule has 0 saturated heterocycles. The number of carbonyl (C=O) groups is 2. The van der Waals surface area contributed by atoms with Crippen molar-refractivity contribution in [1.82, 2.24) is 19.7 Å². The van der Waals surface area contributed by atoms with E-state index < -0.39 is 16.9 Å². The number of nitro groups is 1. The van der Waals surface area contributed by atoms with Crippen molar-refractivity contribution in [3.63, 3.8) is 0 Å². The van der Waals surface area contributed by atoms with Gasteiger partial charge in [-0.1, -0.05) is 36.4 Å². The highest BCUT2D eigenvalue weighted by atomic mass is 16.6. The van der Waals surface area contributed by atoms with E-state index in [2.05, 4.69) is 10.1 Å². The van der Waals surface area contributed by atoms with Crippen molar-refractivity contribution in [3.05, 3.63) is 80.9 Å². The molecule has 156 valence electrons. The summed E-state index contributed by atoms with van der Waals surface area (Å²) in [6, 6.07) is 14.2. The number of nitrogens with zero attached hydrogens (tertiary/aromatic N) is 6. The predicted octanol–water partition coefficient (Wildman–Crippen LogP) is 2.12. The third-order valence-corrected chi connectivity index (χ3v) is 5.80. The largest absolute Gasteiger partial charge is 0.493 e. The van der Waals surface area contributed by atoms with Gasteiger partial charge < -0.3 is 15.0 Å². The van der Waals surface area contributed by atoms with Crippen molar-refractivity contribution in [1.29, 1.82) is 0 Å². The van der Waals surface area contributed by atoms with Gasteiger partial charge in [-0.15, -0.1) is 0 Å². The number of anilines is 1. The van der Waals surface area contributed by atoms with Crippen LogP contribution < -0.4 is 4.90 Å². The van der Waals surface area contributed by atoms with E-state index in [9.17, 15) is 19.7 Å². The van der Waals surface area contributed by atoms with E-state index in [1.54, 1.807) is 31.3 Å². The number of aryl methyl sites for hydroxylation is 1. The maximum absolute atomic E-state index is 13.0. The Hall–Kier alpha value is -4.08. The smallest absolute Gasteiger partial charge is 0.390 e. The first-order valence-electron chi connectivity index (χ1n) is 9.81. The van der Waals surface area contributed by atoms with Crippen molar-refractivity contribution < 1.29 is 14.5 Å². The zero-order valence-corrected chi connectivity index (χ0v) is 16.6. The molecule has 0 aliphatic carbocycles. The van der Waals surface area contributed by atoms with E-state index in [1.807, 2.05) is 29.2 Å². The van der Waals surface area contributed by atoms with E-state index in [0.717, 1.165) is 11.1 Å². The van der Waals surface area contributed by atoms with Gasteiger partial charge >= 0.3 is 11.9 Å².